The van der Waals surface area contributed by atoms with E-state index in [2.05, 4.69) is 4.98 Å². The van der Waals surface area contributed by atoms with Gasteiger partial charge in [0.1, 0.15) is 11.6 Å². The van der Waals surface area contributed by atoms with Gasteiger partial charge in [0.05, 0.1) is 18.4 Å². The normalized spacial score (nSPS) is 15.1. The Labute approximate surface area is 181 Å². The Hall–Kier alpha value is -2.19. The lowest BCUT2D eigenvalue weighted by molar-refractivity contribution is 0.0599. The molecule has 2 heterocycles. The predicted molar refractivity (Wildman–Crippen MR) is 115 cm³/mol. The topological polar surface area (TPSA) is 76.6 Å². The standard InChI is InChI=1S/C21H24ClFN2O4S/c1-12(2)19-18(21(26)29-4)17(14-7-9-15(23)10-8-14)16-6-5-11-25(20(16)24-19)30(27,28)13(3)22/h7-10,12-13H,5-6,11H2,1-4H3. The predicted octanol–water partition coefficient (Wildman–Crippen LogP) is 4.46. The number of fused-ring (bicyclic) bond motifs is 1. The molecule has 1 unspecified atom stereocenters. The maximum atomic E-state index is 13.6. The third-order valence-electron chi connectivity index (χ3n) is 5.12. The van der Waals surface area contributed by atoms with Crippen molar-refractivity contribution in [2.75, 3.05) is 18.0 Å². The van der Waals surface area contributed by atoms with E-state index in [1.54, 1.807) is 12.1 Å². The summed E-state index contributed by atoms with van der Waals surface area (Å²) in [5.74, 6) is -0.905. The summed E-state index contributed by atoms with van der Waals surface area (Å²) >= 11 is 5.98. The first-order chi connectivity index (χ1) is 14.1. The van der Waals surface area contributed by atoms with Gasteiger partial charge < -0.3 is 4.74 Å². The van der Waals surface area contributed by atoms with E-state index in [1.165, 1.54) is 30.5 Å². The number of alkyl halides is 1. The molecule has 1 aromatic heterocycles. The highest BCUT2D eigenvalue weighted by atomic mass is 35.5. The lowest BCUT2D eigenvalue weighted by Crippen LogP contribution is -2.40. The molecular formula is C21H24ClFN2O4S. The largest absolute Gasteiger partial charge is 0.465 e. The van der Waals surface area contributed by atoms with Crippen LogP contribution in [0.15, 0.2) is 24.3 Å². The molecule has 1 aliphatic rings. The van der Waals surface area contributed by atoms with Gasteiger partial charge in [-0.15, -0.1) is 11.6 Å². The molecule has 0 amide bonds. The molecule has 3 rings (SSSR count). The molecule has 0 spiro atoms. The van der Waals surface area contributed by atoms with Crippen molar-refractivity contribution < 1.29 is 22.3 Å². The second kappa shape index (κ2) is 8.51. The van der Waals surface area contributed by atoms with Crippen molar-refractivity contribution in [3.8, 4) is 11.1 Å². The molecule has 0 aliphatic carbocycles. The number of aromatic nitrogens is 1. The van der Waals surface area contributed by atoms with Crippen LogP contribution < -0.4 is 4.31 Å². The van der Waals surface area contributed by atoms with Crippen molar-refractivity contribution in [1.29, 1.82) is 0 Å². The van der Waals surface area contributed by atoms with E-state index in [0.717, 1.165) is 0 Å². The van der Waals surface area contributed by atoms with E-state index < -0.39 is 26.5 Å². The average Bonchev–Trinajstić information content (AvgIpc) is 2.71. The molecule has 30 heavy (non-hydrogen) atoms. The Morgan fingerprint density at radius 3 is 2.40 bits per heavy atom. The average molecular weight is 455 g/mol. The zero-order valence-corrected chi connectivity index (χ0v) is 18.8. The number of carbonyl (C=O) groups is 1. The van der Waals surface area contributed by atoms with E-state index >= 15 is 0 Å². The molecule has 0 N–H and O–H groups in total. The van der Waals surface area contributed by atoms with Crippen molar-refractivity contribution in [1.82, 2.24) is 4.98 Å². The maximum Gasteiger partial charge on any atom is 0.340 e. The van der Waals surface area contributed by atoms with Crippen LogP contribution in [0.4, 0.5) is 10.2 Å². The molecule has 1 aromatic carbocycles. The number of carbonyl (C=O) groups excluding carboxylic acids is 1. The highest BCUT2D eigenvalue weighted by molar-refractivity contribution is 7.94. The molecule has 0 saturated carbocycles. The van der Waals surface area contributed by atoms with Crippen LogP contribution in [-0.4, -0.2) is 37.7 Å². The molecular weight excluding hydrogens is 431 g/mol. The number of ether oxygens (including phenoxy) is 1. The molecule has 2 aromatic rings. The number of anilines is 1. The third-order valence-corrected chi connectivity index (χ3v) is 7.58. The summed E-state index contributed by atoms with van der Waals surface area (Å²) in [5, 5.41) is 0. The van der Waals surface area contributed by atoms with E-state index in [1.807, 2.05) is 13.8 Å². The lowest BCUT2D eigenvalue weighted by Gasteiger charge is -2.33. The van der Waals surface area contributed by atoms with Gasteiger partial charge in [-0.2, -0.15) is 0 Å². The van der Waals surface area contributed by atoms with Crippen molar-refractivity contribution in [2.45, 2.75) is 44.2 Å². The van der Waals surface area contributed by atoms with Gasteiger partial charge in [0.15, 0.2) is 4.71 Å². The van der Waals surface area contributed by atoms with Crippen molar-refractivity contribution >= 4 is 33.4 Å². The summed E-state index contributed by atoms with van der Waals surface area (Å²) in [4.78, 5) is 17.4. The maximum absolute atomic E-state index is 13.6. The fraction of sp³-hybridized carbons (Fsp3) is 0.429. The van der Waals surface area contributed by atoms with Crippen LogP contribution >= 0.6 is 11.6 Å². The van der Waals surface area contributed by atoms with Gasteiger partial charge in [-0.3, -0.25) is 4.31 Å². The number of hydrogen-bond acceptors (Lipinski definition) is 5. The molecule has 1 aliphatic heterocycles. The Morgan fingerprint density at radius 2 is 1.87 bits per heavy atom. The third kappa shape index (κ3) is 3.90. The molecule has 162 valence electrons. The molecule has 0 saturated heterocycles. The zero-order valence-electron chi connectivity index (χ0n) is 17.3. The monoisotopic (exact) mass is 454 g/mol. The summed E-state index contributed by atoms with van der Waals surface area (Å²) in [5.41, 5.74) is 2.42. The van der Waals surface area contributed by atoms with Crippen LogP contribution in [0, 0.1) is 5.82 Å². The number of methoxy groups -OCH3 is 1. The van der Waals surface area contributed by atoms with Crippen LogP contribution in [0.25, 0.3) is 11.1 Å². The molecule has 0 fully saturated rings. The number of sulfonamides is 1. The van der Waals surface area contributed by atoms with E-state index in [0.29, 0.717) is 35.2 Å². The Morgan fingerprint density at radius 1 is 1.23 bits per heavy atom. The van der Waals surface area contributed by atoms with Crippen LogP contribution in [-0.2, 0) is 21.2 Å². The number of esters is 1. The smallest absolute Gasteiger partial charge is 0.340 e. The molecule has 6 nitrogen and oxygen atoms in total. The van der Waals surface area contributed by atoms with Crippen molar-refractivity contribution in [3.05, 3.63) is 46.9 Å². The van der Waals surface area contributed by atoms with E-state index in [-0.39, 0.29) is 23.8 Å². The fourth-order valence-electron chi connectivity index (χ4n) is 3.66. The Bertz CT molecular complexity index is 1070. The van der Waals surface area contributed by atoms with Gasteiger partial charge in [-0.25, -0.2) is 22.6 Å². The first-order valence-corrected chi connectivity index (χ1v) is 11.6. The highest BCUT2D eigenvalue weighted by Gasteiger charge is 2.36. The second-order valence-corrected chi connectivity index (χ2v) is 10.6. The summed E-state index contributed by atoms with van der Waals surface area (Å²) in [7, 11) is -2.56. The SMILES string of the molecule is COC(=O)c1c(C(C)C)nc2c(c1-c1ccc(F)cc1)CCCN2S(=O)(=O)C(C)Cl. The van der Waals surface area contributed by atoms with E-state index in [9.17, 15) is 17.6 Å². The van der Waals surface area contributed by atoms with Gasteiger partial charge >= 0.3 is 5.97 Å². The quantitative estimate of drug-likeness (QED) is 0.492. The van der Waals surface area contributed by atoms with Gasteiger partial charge in [0, 0.05) is 17.7 Å². The first kappa shape index (κ1) is 22.5. The number of rotatable bonds is 5. The van der Waals surface area contributed by atoms with Crippen LogP contribution in [0.2, 0.25) is 0 Å². The van der Waals surface area contributed by atoms with Gasteiger partial charge in [-0.1, -0.05) is 26.0 Å². The Kier molecular flexibility index (Phi) is 6.38. The number of benzene rings is 1. The van der Waals surface area contributed by atoms with Gasteiger partial charge in [-0.05, 0) is 43.4 Å². The molecule has 0 radical (unpaired) electrons. The zero-order chi connectivity index (χ0) is 22.2. The summed E-state index contributed by atoms with van der Waals surface area (Å²) in [6, 6.07) is 5.74. The number of halogens is 2. The van der Waals surface area contributed by atoms with Crippen LogP contribution in [0.1, 0.15) is 54.7 Å². The van der Waals surface area contributed by atoms with Gasteiger partial charge in [0.2, 0.25) is 0 Å². The van der Waals surface area contributed by atoms with Crippen LogP contribution in [0.3, 0.4) is 0 Å². The van der Waals surface area contributed by atoms with Gasteiger partial charge in [0.25, 0.3) is 10.0 Å². The second-order valence-electron chi connectivity index (χ2n) is 7.47. The number of pyridine rings is 1. The highest BCUT2D eigenvalue weighted by Crippen LogP contribution is 2.41. The van der Waals surface area contributed by atoms with Crippen molar-refractivity contribution in [3.63, 3.8) is 0 Å². The number of nitrogens with zero attached hydrogens (tertiary/aromatic N) is 2. The lowest BCUT2D eigenvalue weighted by atomic mass is 9.88. The van der Waals surface area contributed by atoms with E-state index in [4.69, 9.17) is 16.3 Å². The minimum atomic E-state index is -3.84. The van der Waals surface area contributed by atoms with Crippen LogP contribution in [0.5, 0.6) is 0 Å². The molecule has 1 atom stereocenters. The minimum Gasteiger partial charge on any atom is -0.465 e. The minimum absolute atomic E-state index is 0.191. The summed E-state index contributed by atoms with van der Waals surface area (Å²) in [6.45, 7) is 5.37. The molecule has 9 heteroatoms. The fourth-order valence-corrected chi connectivity index (χ4v) is 5.08. The van der Waals surface area contributed by atoms with Crippen molar-refractivity contribution in [2.24, 2.45) is 0 Å². The first-order valence-electron chi connectivity index (χ1n) is 9.66. The summed E-state index contributed by atoms with van der Waals surface area (Å²) in [6.07, 6.45) is 1.05. The number of hydrogen-bond donors (Lipinski definition) is 0. The molecule has 0 bridgehead atoms. The summed E-state index contributed by atoms with van der Waals surface area (Å²) < 4.78 is 44.5. The Balaban J connectivity index is 2.43.